The number of hydrogen-bond acceptors (Lipinski definition) is 4. The van der Waals surface area contributed by atoms with Crippen LogP contribution in [-0.4, -0.2) is 39.0 Å². The van der Waals surface area contributed by atoms with Crippen LogP contribution in [0.5, 0.6) is 0 Å². The molecular weight excluding hydrogens is 344 g/mol. The van der Waals surface area contributed by atoms with Crippen LogP contribution in [0.2, 0.25) is 19.6 Å². The maximum absolute atomic E-state index is 12.2. The molecule has 0 aliphatic carbocycles. The van der Waals surface area contributed by atoms with E-state index in [1.807, 2.05) is 19.9 Å². The number of nitrogens with two attached hydrogens (primary N) is 1. The van der Waals surface area contributed by atoms with Gasteiger partial charge in [0.2, 0.25) is 0 Å². The van der Waals surface area contributed by atoms with Crippen molar-refractivity contribution in [3.05, 3.63) is 17.0 Å². The molecule has 140 valence electrons. The summed E-state index contributed by atoms with van der Waals surface area (Å²) in [5.74, 6) is 0.344. The van der Waals surface area contributed by atoms with Crippen LogP contribution < -0.4 is 5.14 Å². The average molecular weight is 377 g/mol. The van der Waals surface area contributed by atoms with Gasteiger partial charge in [0.15, 0.2) is 0 Å². The first kappa shape index (κ1) is 22.9. The SMILES string of the molecule is CC(C)C=C=C(CCN(C(=O)OC(C)(C)C)S(N)(=O)=O)[Si](C)(C)C. The van der Waals surface area contributed by atoms with Crippen molar-refractivity contribution in [3.8, 4) is 0 Å². The molecule has 0 unspecified atom stereocenters. The van der Waals surface area contributed by atoms with Gasteiger partial charge in [0, 0.05) is 6.54 Å². The minimum Gasteiger partial charge on any atom is -0.443 e. The third kappa shape index (κ3) is 9.27. The summed E-state index contributed by atoms with van der Waals surface area (Å²) in [5.41, 5.74) is 2.50. The molecule has 0 spiro atoms. The quantitative estimate of drug-likeness (QED) is 0.568. The maximum Gasteiger partial charge on any atom is 0.425 e. The summed E-state index contributed by atoms with van der Waals surface area (Å²) in [6.07, 6.45) is 1.41. The van der Waals surface area contributed by atoms with Crippen LogP contribution >= 0.6 is 0 Å². The highest BCUT2D eigenvalue weighted by atomic mass is 32.2. The molecule has 0 radical (unpaired) electrons. The van der Waals surface area contributed by atoms with E-state index in [2.05, 4.69) is 25.4 Å². The van der Waals surface area contributed by atoms with Crippen LogP contribution in [0.25, 0.3) is 0 Å². The Kier molecular flexibility index (Phi) is 7.96. The van der Waals surface area contributed by atoms with E-state index in [1.54, 1.807) is 20.8 Å². The Hall–Kier alpha value is -1.08. The summed E-state index contributed by atoms with van der Waals surface area (Å²) >= 11 is 0. The van der Waals surface area contributed by atoms with Gasteiger partial charge in [-0.2, -0.15) is 12.7 Å². The van der Waals surface area contributed by atoms with Crippen molar-refractivity contribution >= 4 is 24.4 Å². The predicted octanol–water partition coefficient (Wildman–Crippen LogP) is 3.43. The largest absolute Gasteiger partial charge is 0.443 e. The highest BCUT2D eigenvalue weighted by Gasteiger charge is 2.30. The fourth-order valence-electron chi connectivity index (χ4n) is 1.78. The zero-order valence-electron chi connectivity index (χ0n) is 16.1. The number of hydrogen-bond donors (Lipinski definition) is 1. The molecule has 0 aromatic rings. The molecule has 1 amide bonds. The zero-order valence-corrected chi connectivity index (χ0v) is 18.0. The topological polar surface area (TPSA) is 89.7 Å². The van der Waals surface area contributed by atoms with Crippen molar-refractivity contribution in [1.82, 2.24) is 4.31 Å². The second-order valence-corrected chi connectivity index (χ2v) is 14.7. The summed E-state index contributed by atoms with van der Waals surface area (Å²) in [6.45, 7) is 15.5. The Morgan fingerprint density at radius 2 is 1.79 bits per heavy atom. The van der Waals surface area contributed by atoms with E-state index in [9.17, 15) is 13.2 Å². The molecule has 0 aliphatic heterocycles. The molecule has 0 atom stereocenters. The smallest absolute Gasteiger partial charge is 0.425 e. The Bertz CT molecular complexity index is 607. The van der Waals surface area contributed by atoms with Gasteiger partial charge in [0.25, 0.3) is 0 Å². The standard InChI is InChI=1S/C16H32N2O4SSi/c1-13(2)9-10-14(24(6,7)8)11-12-18(23(17,20)21)15(19)22-16(3,4)5/h9,13H,11-12H2,1-8H3,(H2,17,20,21). The number of amides is 1. The van der Waals surface area contributed by atoms with Crippen LogP contribution in [0.15, 0.2) is 17.0 Å². The van der Waals surface area contributed by atoms with Crippen molar-refractivity contribution in [1.29, 1.82) is 0 Å². The molecule has 2 N–H and O–H groups in total. The third-order valence-electron chi connectivity index (χ3n) is 2.97. The number of nitrogens with zero attached hydrogens (tertiary/aromatic N) is 1. The summed E-state index contributed by atoms with van der Waals surface area (Å²) < 4.78 is 29.3. The summed E-state index contributed by atoms with van der Waals surface area (Å²) in [5, 5.41) is 6.24. The van der Waals surface area contributed by atoms with Crippen LogP contribution in [0.4, 0.5) is 4.79 Å². The van der Waals surface area contributed by atoms with Crippen molar-refractivity contribution in [2.24, 2.45) is 11.1 Å². The molecule has 8 heteroatoms. The lowest BCUT2D eigenvalue weighted by Gasteiger charge is -2.27. The molecule has 24 heavy (non-hydrogen) atoms. The van der Waals surface area contributed by atoms with Crippen LogP contribution in [-0.2, 0) is 14.9 Å². The summed E-state index contributed by atoms with van der Waals surface area (Å²) in [4.78, 5) is 12.2. The molecule has 0 bridgehead atoms. The summed E-state index contributed by atoms with van der Waals surface area (Å²) in [6, 6.07) is 0. The lowest BCUT2D eigenvalue weighted by molar-refractivity contribution is 0.0393. The number of ether oxygens (including phenoxy) is 1. The predicted molar refractivity (Wildman–Crippen MR) is 100 cm³/mol. The Balaban J connectivity index is 5.46. The molecule has 0 fully saturated rings. The fourth-order valence-corrected chi connectivity index (χ4v) is 3.75. The normalized spacial score (nSPS) is 12.6. The molecule has 0 aliphatic rings. The molecular formula is C16H32N2O4SSi. The van der Waals surface area contributed by atoms with Gasteiger partial charge in [-0.3, -0.25) is 0 Å². The van der Waals surface area contributed by atoms with Gasteiger partial charge >= 0.3 is 16.3 Å². The van der Waals surface area contributed by atoms with E-state index in [0.29, 0.717) is 16.6 Å². The van der Waals surface area contributed by atoms with Crippen LogP contribution in [0.3, 0.4) is 0 Å². The molecule has 0 heterocycles. The van der Waals surface area contributed by atoms with Crippen LogP contribution in [0, 0.1) is 5.92 Å². The summed E-state index contributed by atoms with van der Waals surface area (Å²) in [7, 11) is -5.89. The molecule has 0 saturated carbocycles. The first-order valence-electron chi connectivity index (χ1n) is 8.03. The minimum absolute atomic E-state index is 0.0493. The first-order valence-corrected chi connectivity index (χ1v) is 13.0. The zero-order chi connectivity index (χ0) is 19.3. The Morgan fingerprint density at radius 3 is 2.12 bits per heavy atom. The van der Waals surface area contributed by atoms with Gasteiger partial charge in [-0.05, 0) is 44.4 Å². The molecule has 0 aromatic heterocycles. The van der Waals surface area contributed by atoms with Crippen molar-refractivity contribution < 1.29 is 17.9 Å². The van der Waals surface area contributed by atoms with Crippen molar-refractivity contribution in [2.45, 2.75) is 66.3 Å². The number of carbonyl (C=O) groups is 1. The lowest BCUT2D eigenvalue weighted by atomic mass is 10.2. The van der Waals surface area contributed by atoms with Gasteiger partial charge in [0.05, 0.1) is 8.07 Å². The van der Waals surface area contributed by atoms with Gasteiger partial charge in [-0.15, -0.1) is 5.73 Å². The van der Waals surface area contributed by atoms with E-state index < -0.39 is 30.0 Å². The van der Waals surface area contributed by atoms with Crippen molar-refractivity contribution in [3.63, 3.8) is 0 Å². The Labute approximate surface area is 147 Å². The number of rotatable bonds is 6. The Morgan fingerprint density at radius 1 is 1.29 bits per heavy atom. The van der Waals surface area contributed by atoms with Crippen molar-refractivity contribution in [2.75, 3.05) is 6.54 Å². The minimum atomic E-state index is -4.19. The van der Waals surface area contributed by atoms with Gasteiger partial charge in [0.1, 0.15) is 5.60 Å². The van der Waals surface area contributed by atoms with Gasteiger partial charge in [-0.25, -0.2) is 9.93 Å². The molecule has 0 aromatic carbocycles. The second kappa shape index (κ2) is 8.34. The van der Waals surface area contributed by atoms with E-state index in [4.69, 9.17) is 9.88 Å². The van der Waals surface area contributed by atoms with E-state index in [1.165, 1.54) is 0 Å². The average Bonchev–Trinajstić information content (AvgIpc) is 2.26. The monoisotopic (exact) mass is 376 g/mol. The van der Waals surface area contributed by atoms with E-state index in [0.717, 1.165) is 5.20 Å². The molecule has 0 saturated heterocycles. The second-order valence-electron chi connectivity index (χ2n) is 8.13. The van der Waals surface area contributed by atoms with Crippen LogP contribution in [0.1, 0.15) is 41.0 Å². The maximum atomic E-state index is 12.2. The fraction of sp³-hybridized carbons (Fsp3) is 0.750. The highest BCUT2D eigenvalue weighted by molar-refractivity contribution is 7.87. The van der Waals surface area contributed by atoms with E-state index in [-0.39, 0.29) is 6.54 Å². The lowest BCUT2D eigenvalue weighted by Crippen LogP contribution is -2.45. The molecule has 0 rings (SSSR count). The number of carbonyl (C=O) groups excluding carboxylic acids is 1. The van der Waals surface area contributed by atoms with Gasteiger partial charge < -0.3 is 4.74 Å². The molecule has 6 nitrogen and oxygen atoms in total. The highest BCUT2D eigenvalue weighted by Crippen LogP contribution is 2.19. The third-order valence-corrected chi connectivity index (χ3v) is 6.12. The van der Waals surface area contributed by atoms with Gasteiger partial charge in [-0.1, -0.05) is 33.5 Å². The first-order chi connectivity index (χ1) is 10.5. The van der Waals surface area contributed by atoms with E-state index >= 15 is 0 Å².